The molecule has 0 saturated heterocycles. The highest BCUT2D eigenvalue weighted by molar-refractivity contribution is 7.92. The van der Waals surface area contributed by atoms with E-state index in [4.69, 9.17) is 4.74 Å². The summed E-state index contributed by atoms with van der Waals surface area (Å²) < 4.78 is 58.4. The first kappa shape index (κ1) is 23.7. The Morgan fingerprint density at radius 3 is 2.55 bits per heavy atom. The molecule has 15 heteroatoms. The number of halogens is 2. The van der Waals surface area contributed by atoms with Gasteiger partial charge in [0, 0.05) is 0 Å². The molecule has 0 atom stereocenters. The summed E-state index contributed by atoms with van der Waals surface area (Å²) in [6.45, 7) is -0.795. The fraction of sp³-hybridized carbons (Fsp3) is 0.0556. The summed E-state index contributed by atoms with van der Waals surface area (Å²) in [6.07, 6.45) is 0.946. The van der Waals surface area contributed by atoms with E-state index in [9.17, 15) is 36.9 Å². The van der Waals surface area contributed by atoms with Gasteiger partial charge in [0.15, 0.2) is 23.4 Å². The largest absolute Gasteiger partial charge is 0.452 e. The number of amides is 1. The molecule has 0 aliphatic rings. The van der Waals surface area contributed by atoms with Crippen LogP contribution in [0.4, 0.5) is 24.6 Å². The van der Waals surface area contributed by atoms with E-state index in [1.54, 1.807) is 0 Å². The summed E-state index contributed by atoms with van der Waals surface area (Å²) in [5.74, 6) is -4.52. The van der Waals surface area contributed by atoms with Gasteiger partial charge in [-0.2, -0.15) is 0 Å². The molecular formula is C18H12F2N4O7S2. The van der Waals surface area contributed by atoms with Crippen LogP contribution >= 0.6 is 11.3 Å². The highest BCUT2D eigenvalue weighted by atomic mass is 32.2. The lowest BCUT2D eigenvalue weighted by atomic mass is 10.2. The van der Waals surface area contributed by atoms with E-state index in [2.05, 4.69) is 15.0 Å². The molecule has 172 valence electrons. The Labute approximate surface area is 188 Å². The van der Waals surface area contributed by atoms with Gasteiger partial charge in [0.1, 0.15) is 6.20 Å². The van der Waals surface area contributed by atoms with E-state index < -0.39 is 50.0 Å². The number of nitro groups is 1. The Bertz CT molecular complexity index is 1350. The molecule has 11 nitrogen and oxygen atoms in total. The molecule has 2 aromatic carbocycles. The Morgan fingerprint density at radius 2 is 1.88 bits per heavy atom. The number of hydrogen-bond donors (Lipinski definition) is 2. The van der Waals surface area contributed by atoms with Crippen molar-refractivity contribution in [3.8, 4) is 0 Å². The molecule has 0 saturated carbocycles. The third-order valence-corrected chi connectivity index (χ3v) is 6.07. The molecule has 0 radical (unpaired) electrons. The molecular weight excluding hydrogens is 486 g/mol. The van der Waals surface area contributed by atoms with Crippen LogP contribution in [0.25, 0.3) is 0 Å². The van der Waals surface area contributed by atoms with Crippen LogP contribution in [0, 0.1) is 21.7 Å². The zero-order valence-electron chi connectivity index (χ0n) is 16.2. The van der Waals surface area contributed by atoms with E-state index in [-0.39, 0.29) is 21.4 Å². The van der Waals surface area contributed by atoms with Gasteiger partial charge in [-0.1, -0.05) is 12.1 Å². The number of rotatable bonds is 8. The standard InChI is InChI=1S/C18H12F2N4O7S2/c19-12-6-5-10(7-13(12)20)33(29,30)23-14-4-2-1-3-11(14)17(26)31-9-15(25)22-18-21-8-16(32-18)24(27)28/h1-8,23H,9H2,(H,21,22,25). The number of sulfonamides is 1. The van der Waals surface area contributed by atoms with Gasteiger partial charge < -0.3 is 4.74 Å². The van der Waals surface area contributed by atoms with Crippen LogP contribution in [-0.2, 0) is 19.6 Å². The molecule has 0 aliphatic heterocycles. The van der Waals surface area contributed by atoms with E-state index in [1.165, 1.54) is 24.3 Å². The maximum absolute atomic E-state index is 13.4. The molecule has 3 rings (SSSR count). The van der Waals surface area contributed by atoms with Gasteiger partial charge in [-0.15, -0.1) is 0 Å². The maximum Gasteiger partial charge on any atom is 0.345 e. The highest BCUT2D eigenvalue weighted by Crippen LogP contribution is 2.25. The Morgan fingerprint density at radius 1 is 1.15 bits per heavy atom. The number of carbonyl (C=O) groups is 2. The van der Waals surface area contributed by atoms with Gasteiger partial charge in [-0.3, -0.25) is 24.9 Å². The summed E-state index contributed by atoms with van der Waals surface area (Å²) >= 11 is 0.599. The van der Waals surface area contributed by atoms with E-state index in [1.807, 2.05) is 0 Å². The normalized spacial score (nSPS) is 11.0. The Kier molecular flexibility index (Phi) is 6.93. The molecule has 1 heterocycles. The number of nitrogens with zero attached hydrogens (tertiary/aromatic N) is 2. The fourth-order valence-electron chi connectivity index (χ4n) is 2.37. The first-order valence-corrected chi connectivity index (χ1v) is 11.0. The molecule has 0 aliphatic carbocycles. The number of carbonyl (C=O) groups excluding carboxylic acids is 2. The number of para-hydroxylation sites is 1. The zero-order valence-corrected chi connectivity index (χ0v) is 17.8. The van der Waals surface area contributed by atoms with Gasteiger partial charge in [-0.05, 0) is 41.7 Å². The number of ether oxygens (including phenoxy) is 1. The topological polar surface area (TPSA) is 158 Å². The van der Waals surface area contributed by atoms with E-state index >= 15 is 0 Å². The van der Waals surface area contributed by atoms with Crippen LogP contribution < -0.4 is 10.0 Å². The molecule has 0 fully saturated rings. The van der Waals surface area contributed by atoms with Crippen molar-refractivity contribution in [1.82, 2.24) is 4.98 Å². The Hall–Kier alpha value is -3.98. The van der Waals surface area contributed by atoms with Crippen LogP contribution in [0.2, 0.25) is 0 Å². The number of hydrogen-bond acceptors (Lipinski definition) is 9. The third-order valence-electron chi connectivity index (χ3n) is 3.85. The first-order valence-electron chi connectivity index (χ1n) is 8.71. The van der Waals surface area contributed by atoms with E-state index in [0.29, 0.717) is 23.5 Å². The maximum atomic E-state index is 13.4. The van der Waals surface area contributed by atoms with Crippen molar-refractivity contribution in [1.29, 1.82) is 0 Å². The third kappa shape index (κ3) is 5.83. The molecule has 33 heavy (non-hydrogen) atoms. The second-order valence-electron chi connectivity index (χ2n) is 6.11. The molecule has 1 aromatic heterocycles. The minimum atomic E-state index is -4.39. The predicted molar refractivity (Wildman–Crippen MR) is 111 cm³/mol. The SMILES string of the molecule is O=C(COC(=O)c1ccccc1NS(=O)(=O)c1ccc(F)c(F)c1)Nc1ncc([N+](=O)[O-])s1. The average molecular weight is 498 g/mol. The number of anilines is 2. The summed E-state index contributed by atoms with van der Waals surface area (Å²) in [7, 11) is -4.39. The molecule has 0 spiro atoms. The van der Waals surface area contributed by atoms with Crippen LogP contribution in [0.1, 0.15) is 10.4 Å². The average Bonchev–Trinajstić information content (AvgIpc) is 3.23. The number of benzene rings is 2. The number of esters is 1. The van der Waals surface area contributed by atoms with Gasteiger partial charge in [0.05, 0.1) is 21.1 Å². The van der Waals surface area contributed by atoms with Crippen LogP contribution in [0.3, 0.4) is 0 Å². The minimum Gasteiger partial charge on any atom is -0.452 e. The summed E-state index contributed by atoms with van der Waals surface area (Å²) in [5, 5.41) is 12.5. The molecule has 3 aromatic rings. The second kappa shape index (κ2) is 9.66. The van der Waals surface area contributed by atoms with Gasteiger partial charge in [0.25, 0.3) is 15.9 Å². The van der Waals surface area contributed by atoms with Crippen molar-refractivity contribution < 1.29 is 36.4 Å². The fourth-order valence-corrected chi connectivity index (χ4v) is 4.11. The van der Waals surface area contributed by atoms with Gasteiger partial charge in [0.2, 0.25) is 0 Å². The van der Waals surface area contributed by atoms with Crippen LogP contribution in [0.15, 0.2) is 53.6 Å². The van der Waals surface area contributed by atoms with Gasteiger partial charge >= 0.3 is 11.0 Å². The van der Waals surface area contributed by atoms with Crippen LogP contribution in [-0.4, -0.2) is 36.8 Å². The number of thiazole rings is 1. The van der Waals surface area contributed by atoms with Crippen LogP contribution in [0.5, 0.6) is 0 Å². The Balaban J connectivity index is 1.68. The summed E-state index contributed by atoms with van der Waals surface area (Å²) in [6, 6.07) is 7.21. The molecule has 0 unspecified atom stereocenters. The van der Waals surface area contributed by atoms with E-state index in [0.717, 1.165) is 12.3 Å². The van der Waals surface area contributed by atoms with Crippen molar-refractivity contribution in [2.24, 2.45) is 0 Å². The van der Waals surface area contributed by atoms with Crippen molar-refractivity contribution in [2.45, 2.75) is 4.90 Å². The highest BCUT2D eigenvalue weighted by Gasteiger charge is 2.21. The minimum absolute atomic E-state index is 0.0811. The first-order chi connectivity index (χ1) is 15.6. The lowest BCUT2D eigenvalue weighted by Crippen LogP contribution is -2.22. The lowest BCUT2D eigenvalue weighted by molar-refractivity contribution is -0.380. The van der Waals surface area contributed by atoms with Crippen molar-refractivity contribution in [3.05, 3.63) is 76.0 Å². The quantitative estimate of drug-likeness (QED) is 0.273. The number of nitrogens with one attached hydrogen (secondary N) is 2. The summed E-state index contributed by atoms with van der Waals surface area (Å²) in [4.78, 5) is 37.3. The summed E-state index contributed by atoms with van der Waals surface area (Å²) in [5.41, 5.74) is -0.496. The molecule has 0 bridgehead atoms. The molecule has 2 N–H and O–H groups in total. The van der Waals surface area contributed by atoms with Crippen molar-refractivity contribution in [3.63, 3.8) is 0 Å². The zero-order chi connectivity index (χ0) is 24.2. The van der Waals surface area contributed by atoms with Crippen molar-refractivity contribution >= 4 is 49.1 Å². The molecule has 1 amide bonds. The smallest absolute Gasteiger partial charge is 0.345 e. The second-order valence-corrected chi connectivity index (χ2v) is 8.80. The lowest BCUT2D eigenvalue weighted by Gasteiger charge is -2.12. The van der Waals surface area contributed by atoms with Crippen molar-refractivity contribution in [2.75, 3.05) is 16.6 Å². The monoisotopic (exact) mass is 498 g/mol. The van der Waals surface area contributed by atoms with Gasteiger partial charge in [-0.25, -0.2) is 27.0 Å². The predicted octanol–water partition coefficient (Wildman–Crippen LogP) is 2.93. The number of aromatic nitrogens is 1.